The van der Waals surface area contributed by atoms with Crippen LogP contribution in [0.2, 0.25) is 0 Å². The number of rotatable bonds is 10. The second-order valence-electron chi connectivity index (χ2n) is 7.75. The van der Waals surface area contributed by atoms with Crippen molar-refractivity contribution in [2.24, 2.45) is 0 Å². The molecular weight excluding hydrogens is 398 g/mol. The molecule has 1 aliphatic heterocycles. The number of allylic oxidation sites excluding steroid dienone is 3. The molecule has 2 heterocycles. The SMILES string of the molecule is C/C=C(\C=C(C)C)N1CCN(CCCCCOc2ccc3c(CC)noc3c2)[S+]1[O-]. The number of aromatic nitrogens is 1. The summed E-state index contributed by atoms with van der Waals surface area (Å²) in [6, 6.07) is 5.91. The zero-order valence-electron chi connectivity index (χ0n) is 18.5. The summed E-state index contributed by atoms with van der Waals surface area (Å²) < 4.78 is 28.1. The molecule has 0 bridgehead atoms. The highest BCUT2D eigenvalue weighted by molar-refractivity contribution is 7.87. The standard InChI is InChI=1S/C23H33N3O3S/c1-5-19(16-18(3)4)26-14-13-25(30(26)27)12-8-7-9-15-28-20-10-11-21-22(6-2)24-29-23(21)17-20/h5,10-11,16-17H,6-9,12-15H2,1-4H3/b19-5+. The fourth-order valence-corrected chi connectivity index (χ4v) is 4.95. The molecule has 3 rings (SSSR count). The van der Waals surface area contributed by atoms with Gasteiger partial charge in [-0.15, -0.1) is 4.31 Å². The topological polar surface area (TPSA) is 64.8 Å². The van der Waals surface area contributed by atoms with Crippen molar-refractivity contribution in [1.82, 2.24) is 13.8 Å². The molecule has 164 valence electrons. The summed E-state index contributed by atoms with van der Waals surface area (Å²) >= 11 is -1.09. The quantitative estimate of drug-likeness (QED) is 0.299. The number of aryl methyl sites for hydroxylation is 1. The summed E-state index contributed by atoms with van der Waals surface area (Å²) in [4.78, 5) is 0. The number of unbranched alkanes of at least 4 members (excludes halogenated alkanes) is 2. The van der Waals surface area contributed by atoms with Gasteiger partial charge in [-0.2, -0.15) is 4.31 Å². The lowest BCUT2D eigenvalue weighted by atomic mass is 10.2. The lowest BCUT2D eigenvalue weighted by molar-refractivity contribution is 0.302. The van der Waals surface area contributed by atoms with Crippen LogP contribution in [-0.4, -0.2) is 44.6 Å². The van der Waals surface area contributed by atoms with Crippen molar-refractivity contribution in [3.05, 3.63) is 47.3 Å². The summed E-state index contributed by atoms with van der Waals surface area (Å²) in [5, 5.41) is 5.14. The summed E-state index contributed by atoms with van der Waals surface area (Å²) in [5.74, 6) is 0.816. The van der Waals surface area contributed by atoms with Crippen molar-refractivity contribution in [3.8, 4) is 5.75 Å². The highest BCUT2D eigenvalue weighted by atomic mass is 32.2. The van der Waals surface area contributed by atoms with Crippen LogP contribution in [0.3, 0.4) is 0 Å². The fourth-order valence-electron chi connectivity index (χ4n) is 3.57. The Balaban J connectivity index is 1.37. The van der Waals surface area contributed by atoms with Crippen LogP contribution in [0.15, 0.2) is 46.1 Å². The second-order valence-corrected chi connectivity index (χ2v) is 9.17. The molecule has 6 nitrogen and oxygen atoms in total. The highest BCUT2D eigenvalue weighted by Crippen LogP contribution is 2.25. The normalized spacial score (nSPS) is 17.7. The Bertz CT molecular complexity index is 889. The van der Waals surface area contributed by atoms with E-state index in [9.17, 15) is 4.55 Å². The summed E-state index contributed by atoms with van der Waals surface area (Å²) in [7, 11) is 0. The molecule has 0 amide bonds. The second kappa shape index (κ2) is 10.9. The van der Waals surface area contributed by atoms with E-state index in [1.54, 1.807) is 0 Å². The first-order chi connectivity index (χ1) is 14.5. The first-order valence-electron chi connectivity index (χ1n) is 10.8. The van der Waals surface area contributed by atoms with Gasteiger partial charge >= 0.3 is 0 Å². The number of ether oxygens (including phenoxy) is 1. The Morgan fingerprint density at radius 1 is 1.27 bits per heavy atom. The Morgan fingerprint density at radius 2 is 2.10 bits per heavy atom. The largest absolute Gasteiger partial charge is 0.573 e. The molecule has 1 unspecified atom stereocenters. The zero-order chi connectivity index (χ0) is 21.5. The van der Waals surface area contributed by atoms with Gasteiger partial charge in [0.1, 0.15) is 5.75 Å². The van der Waals surface area contributed by atoms with Crippen LogP contribution < -0.4 is 4.74 Å². The van der Waals surface area contributed by atoms with Crippen LogP contribution >= 0.6 is 0 Å². The molecular formula is C23H33N3O3S. The summed E-state index contributed by atoms with van der Waals surface area (Å²) in [6.45, 7) is 11.4. The molecule has 7 heteroatoms. The summed E-state index contributed by atoms with van der Waals surface area (Å²) in [6.07, 6.45) is 8.01. The minimum absolute atomic E-state index is 0.665. The van der Waals surface area contributed by atoms with Gasteiger partial charge in [-0.1, -0.05) is 23.7 Å². The smallest absolute Gasteiger partial charge is 0.170 e. The Labute approximate surface area is 183 Å². The molecule has 1 aliphatic rings. The maximum atomic E-state index is 12.8. The van der Waals surface area contributed by atoms with Crippen molar-refractivity contribution in [1.29, 1.82) is 0 Å². The average Bonchev–Trinajstić information content (AvgIpc) is 3.31. The molecule has 0 aliphatic carbocycles. The maximum Gasteiger partial charge on any atom is 0.170 e. The van der Waals surface area contributed by atoms with E-state index in [2.05, 4.69) is 36.3 Å². The van der Waals surface area contributed by atoms with E-state index in [-0.39, 0.29) is 0 Å². The lowest BCUT2D eigenvalue weighted by Crippen LogP contribution is -2.33. The van der Waals surface area contributed by atoms with Gasteiger partial charge in [0.25, 0.3) is 0 Å². The third-order valence-electron chi connectivity index (χ3n) is 5.16. The van der Waals surface area contributed by atoms with Crippen LogP contribution in [0, 0.1) is 0 Å². The van der Waals surface area contributed by atoms with E-state index in [4.69, 9.17) is 9.26 Å². The highest BCUT2D eigenvalue weighted by Gasteiger charge is 2.36. The maximum absolute atomic E-state index is 12.8. The Hall–Kier alpha value is -1.96. The van der Waals surface area contributed by atoms with Gasteiger partial charge in [-0.25, -0.2) is 0 Å². The molecule has 1 aromatic heterocycles. The van der Waals surface area contributed by atoms with Gasteiger partial charge in [0.05, 0.1) is 31.1 Å². The van der Waals surface area contributed by atoms with Crippen molar-refractivity contribution in [2.75, 3.05) is 26.2 Å². The van der Waals surface area contributed by atoms with Crippen LogP contribution in [0.1, 0.15) is 52.7 Å². The third kappa shape index (κ3) is 5.59. The molecule has 2 aromatic rings. The molecule has 0 saturated carbocycles. The van der Waals surface area contributed by atoms with Crippen LogP contribution in [-0.2, 0) is 18.0 Å². The first kappa shape index (κ1) is 22.7. The van der Waals surface area contributed by atoms with Gasteiger partial charge in [-0.05, 0) is 64.7 Å². The molecule has 0 radical (unpaired) electrons. The van der Waals surface area contributed by atoms with E-state index < -0.39 is 11.5 Å². The number of nitrogens with zero attached hydrogens (tertiary/aromatic N) is 3. The minimum Gasteiger partial charge on any atom is -0.573 e. The molecule has 0 spiro atoms. The van der Waals surface area contributed by atoms with Crippen molar-refractivity contribution in [3.63, 3.8) is 0 Å². The first-order valence-corrected chi connectivity index (χ1v) is 11.9. The van der Waals surface area contributed by atoms with E-state index >= 15 is 0 Å². The lowest BCUT2D eigenvalue weighted by Gasteiger charge is -2.22. The van der Waals surface area contributed by atoms with E-state index in [0.29, 0.717) is 6.61 Å². The molecule has 1 aromatic carbocycles. The van der Waals surface area contributed by atoms with E-state index in [1.807, 2.05) is 35.5 Å². The monoisotopic (exact) mass is 431 g/mol. The molecule has 30 heavy (non-hydrogen) atoms. The Morgan fingerprint density at radius 3 is 2.83 bits per heavy atom. The van der Waals surface area contributed by atoms with Gasteiger partial charge in [0, 0.05) is 18.0 Å². The third-order valence-corrected chi connectivity index (χ3v) is 6.73. The Kier molecular flexibility index (Phi) is 8.24. The van der Waals surface area contributed by atoms with Crippen molar-refractivity contribution < 1.29 is 13.8 Å². The predicted octanol–water partition coefficient (Wildman–Crippen LogP) is 5.01. The number of hydrogen-bond acceptors (Lipinski definition) is 6. The van der Waals surface area contributed by atoms with Gasteiger partial charge in [-0.3, -0.25) is 0 Å². The number of benzene rings is 1. The molecule has 1 saturated heterocycles. The van der Waals surface area contributed by atoms with E-state index in [0.717, 1.165) is 73.4 Å². The van der Waals surface area contributed by atoms with Crippen LogP contribution in [0.4, 0.5) is 0 Å². The van der Waals surface area contributed by atoms with Gasteiger partial charge in [0.2, 0.25) is 0 Å². The minimum atomic E-state index is -1.09. The molecule has 1 fully saturated rings. The van der Waals surface area contributed by atoms with Crippen LogP contribution in [0.5, 0.6) is 5.75 Å². The number of hydrogen-bond donors (Lipinski definition) is 0. The molecule has 1 atom stereocenters. The predicted molar refractivity (Wildman–Crippen MR) is 122 cm³/mol. The van der Waals surface area contributed by atoms with Gasteiger partial charge in [0.15, 0.2) is 17.1 Å². The number of fused-ring (bicyclic) bond motifs is 1. The van der Waals surface area contributed by atoms with Crippen molar-refractivity contribution >= 4 is 22.5 Å². The summed E-state index contributed by atoms with van der Waals surface area (Å²) in [5.41, 5.74) is 4.02. The van der Waals surface area contributed by atoms with Gasteiger partial charge < -0.3 is 13.8 Å². The zero-order valence-corrected chi connectivity index (χ0v) is 19.3. The van der Waals surface area contributed by atoms with Crippen LogP contribution in [0.25, 0.3) is 11.0 Å². The molecule has 0 N–H and O–H groups in total. The van der Waals surface area contributed by atoms with E-state index in [1.165, 1.54) is 5.57 Å². The average molecular weight is 432 g/mol. The fraction of sp³-hybridized carbons (Fsp3) is 0.522. The van der Waals surface area contributed by atoms with Crippen molar-refractivity contribution in [2.45, 2.75) is 53.4 Å².